The lowest BCUT2D eigenvalue weighted by Crippen LogP contribution is -2.12. The van der Waals surface area contributed by atoms with Gasteiger partial charge < -0.3 is 9.47 Å². The predicted octanol–water partition coefficient (Wildman–Crippen LogP) is -0.0792. The lowest BCUT2D eigenvalue weighted by molar-refractivity contribution is -0.0471. The quantitative estimate of drug-likeness (QED) is 0.564. The van der Waals surface area contributed by atoms with Crippen molar-refractivity contribution < 1.29 is 9.47 Å². The molecule has 1 aromatic rings. The first kappa shape index (κ1) is 7.91. The average molecular weight is 178 g/mol. The van der Waals surface area contributed by atoms with Crippen LogP contribution in [0, 0.1) is 0 Å². The third-order valence-electron chi connectivity index (χ3n) is 1.63. The van der Waals surface area contributed by atoms with E-state index in [1.807, 2.05) is 18.2 Å². The lowest BCUT2D eigenvalue weighted by Gasteiger charge is -2.07. The summed E-state index contributed by atoms with van der Waals surface area (Å²) >= 11 is 0. The van der Waals surface area contributed by atoms with Gasteiger partial charge in [0.05, 0.1) is 29.2 Å². The van der Waals surface area contributed by atoms with Crippen molar-refractivity contribution in [1.82, 2.24) is 4.98 Å². The van der Waals surface area contributed by atoms with E-state index in [0.717, 1.165) is 11.0 Å². The molecule has 1 aliphatic heterocycles. The van der Waals surface area contributed by atoms with Gasteiger partial charge in [-0.05, 0) is 12.1 Å². The van der Waals surface area contributed by atoms with Crippen LogP contribution in [0.4, 0.5) is 0 Å². The molecule has 0 aromatic carbocycles. The van der Waals surface area contributed by atoms with Crippen LogP contribution in [0.25, 0.3) is 0 Å². The molecule has 0 saturated carbocycles. The van der Waals surface area contributed by atoms with E-state index < -0.39 is 0 Å². The molecule has 0 N–H and O–H groups in total. The van der Waals surface area contributed by atoms with Gasteiger partial charge in [0.15, 0.2) is 0 Å². The van der Waals surface area contributed by atoms with Crippen molar-refractivity contribution in [1.29, 1.82) is 0 Å². The van der Waals surface area contributed by atoms with E-state index in [-0.39, 0.29) is 6.29 Å². The third-order valence-corrected chi connectivity index (χ3v) is 1.91. The van der Waals surface area contributed by atoms with Crippen molar-refractivity contribution in [3.8, 4) is 0 Å². The molecule has 2 rings (SSSR count). The first-order valence-electron chi connectivity index (χ1n) is 3.78. The van der Waals surface area contributed by atoms with Gasteiger partial charge in [-0.3, -0.25) is 4.98 Å². The number of ether oxygens (including phenoxy) is 2. The fourth-order valence-electron chi connectivity index (χ4n) is 1.11. The molecule has 3 radical (unpaired) electrons. The number of nitrogens with zero attached hydrogens (tertiary/aromatic N) is 1. The van der Waals surface area contributed by atoms with E-state index in [0.29, 0.717) is 13.2 Å². The maximum absolute atomic E-state index is 5.29. The Hall–Kier alpha value is -0.713. The molecule has 0 spiro atoms. The van der Waals surface area contributed by atoms with E-state index in [4.69, 9.17) is 9.47 Å². The van der Waals surface area contributed by atoms with Crippen molar-refractivity contribution in [2.24, 2.45) is 0 Å². The molecular weight excluding hydrogens is 170 g/mol. The zero-order chi connectivity index (χ0) is 8.39. The zero-order valence-corrected chi connectivity index (χ0v) is 7.49. The highest BCUT2D eigenvalue weighted by Gasteiger charge is 2.18. The molecule has 1 aliphatic rings. The molecule has 0 atom stereocenters. The highest BCUT2D eigenvalue weighted by molar-refractivity contribution is 6.30. The molecule has 0 unspecified atom stereocenters. The minimum absolute atomic E-state index is 0.277. The van der Waals surface area contributed by atoms with Gasteiger partial charge in [0, 0.05) is 5.32 Å². The van der Waals surface area contributed by atoms with Crippen LogP contribution in [0.1, 0.15) is 12.0 Å². The summed E-state index contributed by atoms with van der Waals surface area (Å²) in [4.78, 5) is 4.22. The van der Waals surface area contributed by atoms with Gasteiger partial charge in [0.25, 0.3) is 0 Å². The zero-order valence-electron chi connectivity index (χ0n) is 6.49. The number of hydrogen-bond donors (Lipinski definition) is 0. The first-order chi connectivity index (χ1) is 5.86. The molecule has 1 fully saturated rings. The standard InChI is InChI=1S/C8H8NO2Si/c12-7-3-1-2-6(9-7)8-10-4-5-11-8/h1-3,8H,4-5H2. The Morgan fingerprint density at radius 3 is 2.75 bits per heavy atom. The second kappa shape index (κ2) is 3.34. The average Bonchev–Trinajstić information content (AvgIpc) is 2.56. The molecule has 1 aromatic heterocycles. The Kier molecular flexibility index (Phi) is 2.21. The van der Waals surface area contributed by atoms with Crippen LogP contribution in [-0.4, -0.2) is 28.4 Å². The Morgan fingerprint density at radius 1 is 1.33 bits per heavy atom. The van der Waals surface area contributed by atoms with Crippen LogP contribution in [-0.2, 0) is 9.47 Å². The monoisotopic (exact) mass is 178 g/mol. The first-order valence-corrected chi connectivity index (χ1v) is 4.28. The van der Waals surface area contributed by atoms with E-state index >= 15 is 0 Å². The second-order valence-corrected chi connectivity index (χ2v) is 3.03. The summed E-state index contributed by atoms with van der Waals surface area (Å²) in [5.74, 6) is 0. The molecule has 61 valence electrons. The minimum Gasteiger partial charge on any atom is -0.345 e. The van der Waals surface area contributed by atoms with Crippen molar-refractivity contribution in [2.45, 2.75) is 6.29 Å². The largest absolute Gasteiger partial charge is 0.345 e. The maximum Gasteiger partial charge on any atom is 0.201 e. The van der Waals surface area contributed by atoms with E-state index in [1.54, 1.807) is 0 Å². The molecule has 1 saturated heterocycles. The van der Waals surface area contributed by atoms with Crippen molar-refractivity contribution in [2.75, 3.05) is 13.2 Å². The minimum atomic E-state index is -0.277. The van der Waals surface area contributed by atoms with Gasteiger partial charge in [-0.2, -0.15) is 0 Å². The van der Waals surface area contributed by atoms with Crippen molar-refractivity contribution in [3.05, 3.63) is 23.9 Å². The molecule has 12 heavy (non-hydrogen) atoms. The van der Waals surface area contributed by atoms with Crippen LogP contribution in [0.5, 0.6) is 0 Å². The van der Waals surface area contributed by atoms with Crippen LogP contribution >= 0.6 is 0 Å². The molecular formula is C8H8NO2Si. The Bertz CT molecular complexity index is 274. The van der Waals surface area contributed by atoms with Gasteiger partial charge in [0.1, 0.15) is 0 Å². The van der Waals surface area contributed by atoms with Gasteiger partial charge >= 0.3 is 0 Å². The van der Waals surface area contributed by atoms with Crippen molar-refractivity contribution >= 4 is 15.6 Å². The Balaban J connectivity index is 2.21. The van der Waals surface area contributed by atoms with E-state index in [2.05, 4.69) is 15.2 Å². The summed E-state index contributed by atoms with van der Waals surface area (Å²) in [6, 6.07) is 5.67. The smallest absolute Gasteiger partial charge is 0.201 e. The fourth-order valence-corrected chi connectivity index (χ4v) is 1.34. The molecule has 2 heterocycles. The number of hydrogen-bond acceptors (Lipinski definition) is 3. The lowest BCUT2D eigenvalue weighted by atomic mass is 10.3. The molecule has 0 aliphatic carbocycles. The second-order valence-electron chi connectivity index (χ2n) is 2.52. The highest BCUT2D eigenvalue weighted by atomic mass is 28.1. The van der Waals surface area contributed by atoms with Gasteiger partial charge in [-0.25, -0.2) is 0 Å². The normalized spacial score (nSPS) is 18.4. The van der Waals surface area contributed by atoms with Gasteiger partial charge in [-0.15, -0.1) is 0 Å². The Labute approximate surface area is 74.1 Å². The fraction of sp³-hybridized carbons (Fsp3) is 0.375. The van der Waals surface area contributed by atoms with Crippen LogP contribution in [0.2, 0.25) is 0 Å². The topological polar surface area (TPSA) is 31.4 Å². The number of aromatic nitrogens is 1. The molecule has 0 bridgehead atoms. The van der Waals surface area contributed by atoms with Gasteiger partial charge in [-0.1, -0.05) is 6.07 Å². The summed E-state index contributed by atoms with van der Waals surface area (Å²) < 4.78 is 10.6. The number of pyridine rings is 1. The number of rotatable bonds is 1. The maximum atomic E-state index is 5.29. The van der Waals surface area contributed by atoms with Crippen LogP contribution in [0.15, 0.2) is 18.2 Å². The SMILES string of the molecule is [Si]c1cccc(C2OCCO2)n1. The summed E-state index contributed by atoms with van der Waals surface area (Å²) in [5, 5.41) is 0.798. The predicted molar refractivity (Wildman–Crippen MR) is 44.3 cm³/mol. The van der Waals surface area contributed by atoms with Gasteiger partial charge in [0.2, 0.25) is 6.29 Å². The third kappa shape index (κ3) is 1.55. The van der Waals surface area contributed by atoms with Crippen LogP contribution in [0.3, 0.4) is 0 Å². The highest BCUT2D eigenvalue weighted by Crippen LogP contribution is 2.19. The van der Waals surface area contributed by atoms with E-state index in [1.165, 1.54) is 0 Å². The van der Waals surface area contributed by atoms with E-state index in [9.17, 15) is 0 Å². The van der Waals surface area contributed by atoms with Crippen molar-refractivity contribution in [3.63, 3.8) is 0 Å². The summed E-state index contributed by atoms with van der Waals surface area (Å²) in [7, 11) is 3.34. The molecule has 4 heteroatoms. The Morgan fingerprint density at radius 2 is 2.08 bits per heavy atom. The summed E-state index contributed by atoms with van der Waals surface area (Å²) in [6.07, 6.45) is -0.277. The summed E-state index contributed by atoms with van der Waals surface area (Å²) in [5.41, 5.74) is 0.819. The van der Waals surface area contributed by atoms with Crippen LogP contribution < -0.4 is 5.32 Å². The molecule has 3 nitrogen and oxygen atoms in total. The summed E-state index contributed by atoms with van der Waals surface area (Å²) in [6.45, 7) is 1.30. The molecule has 0 amide bonds.